The molecule has 0 spiro atoms. The quantitative estimate of drug-likeness (QED) is 0.468. The SMILES string of the molecule is C=C/C(=C\C=C\[B]c1cc2cc3c(cc2o1)C(C)(C)CCC3(C)C)CC. The summed E-state index contributed by atoms with van der Waals surface area (Å²) in [5.74, 6) is 2.03. The Balaban J connectivity index is 1.92. The fraction of sp³-hybridized carbons (Fsp3) is 0.417. The summed E-state index contributed by atoms with van der Waals surface area (Å²) in [6, 6.07) is 6.78. The topological polar surface area (TPSA) is 13.1 Å². The normalized spacial score (nSPS) is 18.9. The summed E-state index contributed by atoms with van der Waals surface area (Å²) < 4.78 is 6.11. The first-order chi connectivity index (χ1) is 12.3. The first-order valence-electron chi connectivity index (χ1n) is 9.68. The zero-order chi connectivity index (χ0) is 18.9. The van der Waals surface area contributed by atoms with E-state index < -0.39 is 0 Å². The molecule has 0 amide bonds. The minimum atomic E-state index is 0.210. The van der Waals surface area contributed by atoms with Gasteiger partial charge >= 0.3 is 0 Å². The van der Waals surface area contributed by atoms with Crippen LogP contribution in [0.4, 0.5) is 0 Å². The molecule has 0 unspecified atom stereocenters. The fourth-order valence-electron chi connectivity index (χ4n) is 3.86. The second kappa shape index (κ2) is 6.98. The maximum absolute atomic E-state index is 6.11. The Morgan fingerprint density at radius 2 is 1.77 bits per heavy atom. The summed E-state index contributed by atoms with van der Waals surface area (Å²) in [4.78, 5) is 0. The Bertz CT molecular complexity index is 824. The van der Waals surface area contributed by atoms with E-state index in [1.54, 1.807) is 0 Å². The predicted molar refractivity (Wildman–Crippen MR) is 115 cm³/mol. The maximum atomic E-state index is 6.11. The third-order valence-electron chi connectivity index (χ3n) is 5.86. The molecule has 0 saturated heterocycles. The van der Waals surface area contributed by atoms with E-state index in [0.29, 0.717) is 0 Å². The predicted octanol–water partition coefficient (Wildman–Crippen LogP) is 6.15. The van der Waals surface area contributed by atoms with Gasteiger partial charge in [-0.3, -0.25) is 0 Å². The van der Waals surface area contributed by atoms with Crippen molar-refractivity contribution in [2.45, 2.75) is 64.7 Å². The van der Waals surface area contributed by atoms with Crippen LogP contribution in [0.15, 0.2) is 59.0 Å². The van der Waals surface area contributed by atoms with Gasteiger partial charge in [-0.2, -0.15) is 0 Å². The van der Waals surface area contributed by atoms with Crippen LogP contribution >= 0.6 is 0 Å². The van der Waals surface area contributed by atoms with Crippen LogP contribution in [0.25, 0.3) is 11.0 Å². The molecule has 0 N–H and O–H groups in total. The van der Waals surface area contributed by atoms with Crippen molar-refractivity contribution in [3.63, 3.8) is 0 Å². The van der Waals surface area contributed by atoms with Gasteiger partial charge in [-0.15, -0.1) is 5.98 Å². The van der Waals surface area contributed by atoms with Crippen molar-refractivity contribution in [2.75, 3.05) is 0 Å². The van der Waals surface area contributed by atoms with E-state index in [0.717, 1.165) is 17.7 Å². The van der Waals surface area contributed by atoms with Gasteiger partial charge in [0.15, 0.2) is 0 Å². The van der Waals surface area contributed by atoms with Crippen LogP contribution in [0.5, 0.6) is 0 Å². The standard InChI is InChI=1S/C24H30BO/c1-7-17(8-2)10-9-13-25-22-15-18-14-19-20(16-21(18)26-22)24(5,6)12-11-23(19,3)4/h7,9-10,13-16H,1,8,11-12H2,2-6H3/b13-9+,17-10+. The van der Waals surface area contributed by atoms with E-state index in [2.05, 4.69) is 65.5 Å². The van der Waals surface area contributed by atoms with Crippen molar-refractivity contribution in [3.8, 4) is 0 Å². The summed E-state index contributed by atoms with van der Waals surface area (Å²) in [7, 11) is 2.03. The van der Waals surface area contributed by atoms with Gasteiger partial charge in [-0.1, -0.05) is 59.4 Å². The first kappa shape index (κ1) is 18.8. The van der Waals surface area contributed by atoms with Crippen LogP contribution in [0, 0.1) is 0 Å². The molecule has 1 heterocycles. The van der Waals surface area contributed by atoms with Crippen LogP contribution in [0.1, 0.15) is 65.0 Å². The molecule has 26 heavy (non-hydrogen) atoms. The van der Waals surface area contributed by atoms with E-state index in [1.807, 2.05) is 25.4 Å². The lowest BCUT2D eigenvalue weighted by molar-refractivity contribution is 0.332. The average molecular weight is 345 g/mol. The summed E-state index contributed by atoms with van der Waals surface area (Å²) in [5.41, 5.74) is 6.49. The molecule has 1 aromatic heterocycles. The monoisotopic (exact) mass is 345 g/mol. The minimum Gasteiger partial charge on any atom is -0.472 e. The van der Waals surface area contributed by atoms with Crippen LogP contribution in [0.3, 0.4) is 0 Å². The third-order valence-corrected chi connectivity index (χ3v) is 5.86. The smallest absolute Gasteiger partial charge is 0.231 e. The van der Waals surface area contributed by atoms with Crippen molar-refractivity contribution < 1.29 is 4.42 Å². The molecule has 1 radical (unpaired) electrons. The lowest BCUT2D eigenvalue weighted by atomic mass is 9.63. The molecule has 135 valence electrons. The van der Waals surface area contributed by atoms with E-state index >= 15 is 0 Å². The molecule has 1 nitrogen and oxygen atoms in total. The highest BCUT2D eigenvalue weighted by atomic mass is 16.3. The Morgan fingerprint density at radius 3 is 2.38 bits per heavy atom. The van der Waals surface area contributed by atoms with Crippen molar-refractivity contribution in [1.82, 2.24) is 0 Å². The molecule has 1 aliphatic rings. The van der Waals surface area contributed by atoms with Gasteiger partial charge in [0.25, 0.3) is 0 Å². The number of allylic oxidation sites excluding steroid dienone is 4. The Labute approximate surface area is 159 Å². The van der Waals surface area contributed by atoms with Crippen molar-refractivity contribution in [2.24, 2.45) is 0 Å². The van der Waals surface area contributed by atoms with E-state index in [1.165, 1.54) is 34.9 Å². The Morgan fingerprint density at radius 1 is 1.12 bits per heavy atom. The number of hydrogen-bond acceptors (Lipinski definition) is 1. The van der Waals surface area contributed by atoms with Crippen LogP contribution in [-0.2, 0) is 10.8 Å². The molecular formula is C24H30BO. The Hall–Kier alpha value is -1.96. The summed E-state index contributed by atoms with van der Waals surface area (Å²) in [5, 5.41) is 1.20. The average Bonchev–Trinajstić information content (AvgIpc) is 3.00. The summed E-state index contributed by atoms with van der Waals surface area (Å²) in [6.07, 6.45) is 9.49. The van der Waals surface area contributed by atoms with Crippen molar-refractivity contribution in [1.29, 1.82) is 0 Å². The molecule has 0 saturated carbocycles. The molecule has 1 aromatic carbocycles. The zero-order valence-electron chi connectivity index (χ0n) is 16.9. The van der Waals surface area contributed by atoms with Gasteiger partial charge in [0.05, 0.1) is 5.66 Å². The number of fused-ring (bicyclic) bond motifs is 2. The fourth-order valence-corrected chi connectivity index (χ4v) is 3.86. The van der Waals surface area contributed by atoms with E-state index in [-0.39, 0.29) is 10.8 Å². The number of hydrogen-bond donors (Lipinski definition) is 0. The van der Waals surface area contributed by atoms with Crippen molar-refractivity contribution in [3.05, 3.63) is 65.7 Å². The minimum absolute atomic E-state index is 0.210. The van der Waals surface area contributed by atoms with Gasteiger partial charge in [0.2, 0.25) is 7.28 Å². The molecule has 0 bridgehead atoms. The molecule has 2 heteroatoms. The van der Waals surface area contributed by atoms with Gasteiger partial charge in [-0.25, -0.2) is 0 Å². The van der Waals surface area contributed by atoms with Gasteiger partial charge in [0.1, 0.15) is 5.58 Å². The molecule has 1 aliphatic carbocycles. The lowest BCUT2D eigenvalue weighted by Crippen LogP contribution is -2.33. The molecule has 0 aliphatic heterocycles. The molecule has 2 aromatic rings. The summed E-state index contributed by atoms with van der Waals surface area (Å²) >= 11 is 0. The second-order valence-electron chi connectivity index (χ2n) is 8.70. The Kier molecular flexibility index (Phi) is 5.06. The highest BCUT2D eigenvalue weighted by Gasteiger charge is 2.37. The largest absolute Gasteiger partial charge is 0.472 e. The van der Waals surface area contributed by atoms with Gasteiger partial charge in [-0.05, 0) is 65.0 Å². The van der Waals surface area contributed by atoms with Crippen LogP contribution in [-0.4, -0.2) is 7.28 Å². The number of benzene rings is 1. The molecule has 0 atom stereocenters. The first-order valence-corrected chi connectivity index (χ1v) is 9.68. The van der Waals surface area contributed by atoms with E-state index in [9.17, 15) is 0 Å². The molecule has 3 rings (SSSR count). The number of furan rings is 1. The molecular weight excluding hydrogens is 315 g/mol. The van der Waals surface area contributed by atoms with Gasteiger partial charge in [0, 0.05) is 5.39 Å². The zero-order valence-corrected chi connectivity index (χ0v) is 16.9. The van der Waals surface area contributed by atoms with E-state index in [4.69, 9.17) is 4.42 Å². The van der Waals surface area contributed by atoms with Crippen LogP contribution < -0.4 is 5.66 Å². The highest BCUT2D eigenvalue weighted by Crippen LogP contribution is 2.46. The van der Waals surface area contributed by atoms with Crippen LogP contribution in [0.2, 0.25) is 0 Å². The van der Waals surface area contributed by atoms with Gasteiger partial charge < -0.3 is 4.42 Å². The molecule has 0 fully saturated rings. The highest BCUT2D eigenvalue weighted by molar-refractivity contribution is 6.57. The third kappa shape index (κ3) is 3.60. The summed E-state index contributed by atoms with van der Waals surface area (Å²) in [6.45, 7) is 15.4. The second-order valence-corrected chi connectivity index (χ2v) is 8.70. The lowest BCUT2D eigenvalue weighted by Gasteiger charge is -2.41. The van der Waals surface area contributed by atoms with Crippen molar-refractivity contribution >= 4 is 23.9 Å². The number of rotatable bonds is 5. The maximum Gasteiger partial charge on any atom is 0.231 e.